The van der Waals surface area contributed by atoms with Crippen LogP contribution < -0.4 is 38.1 Å². The smallest absolute Gasteiger partial charge is 0.245 e. The molecule has 0 spiro atoms. The van der Waals surface area contributed by atoms with E-state index in [9.17, 15) is 33.9 Å². The van der Waals surface area contributed by atoms with Crippen LogP contribution in [0.5, 0.6) is 0 Å². The second-order valence-electron chi connectivity index (χ2n) is 7.42. The molecule has 5 atom stereocenters. The summed E-state index contributed by atoms with van der Waals surface area (Å²) in [7, 11) is 1.31. The first-order valence-electron chi connectivity index (χ1n) is 10.5. The minimum atomic E-state index is -1.43. The summed E-state index contributed by atoms with van der Waals surface area (Å²) in [6, 6.07) is -4.80. The monoisotopic (exact) mass is 473 g/mol. The van der Waals surface area contributed by atoms with Crippen LogP contribution in [0.4, 0.5) is 0 Å². The van der Waals surface area contributed by atoms with Gasteiger partial charge in [-0.3, -0.25) is 28.8 Å². The van der Waals surface area contributed by atoms with Crippen LogP contribution in [0.1, 0.15) is 39.5 Å². The molecule has 188 valence electrons. The van der Waals surface area contributed by atoms with Crippen molar-refractivity contribution in [3.8, 4) is 0 Å². The minimum Gasteiger partial charge on any atom is -0.391 e. The van der Waals surface area contributed by atoms with E-state index in [2.05, 4.69) is 26.6 Å². The zero-order chi connectivity index (χ0) is 25.6. The molecule has 10 N–H and O–H groups in total. The number of primary amides is 1. The molecule has 33 heavy (non-hydrogen) atoms. The van der Waals surface area contributed by atoms with Crippen LogP contribution in [0.25, 0.3) is 0 Å². The Morgan fingerprint density at radius 1 is 0.909 bits per heavy atom. The predicted molar refractivity (Wildman–Crippen MR) is 117 cm³/mol. The molecule has 14 heteroatoms. The van der Waals surface area contributed by atoms with Gasteiger partial charge in [-0.15, -0.1) is 0 Å². The Morgan fingerprint density at radius 2 is 1.55 bits per heavy atom. The summed E-state index contributed by atoms with van der Waals surface area (Å²) in [4.78, 5) is 71.2. The fraction of sp³-hybridized carbons (Fsp3) is 0.684. The van der Waals surface area contributed by atoms with Crippen molar-refractivity contribution in [1.29, 1.82) is 0 Å². The minimum absolute atomic E-state index is 0.273. The number of aliphatic hydroxyl groups is 1. The average molecular weight is 474 g/mol. The molecule has 0 heterocycles. The fourth-order valence-electron chi connectivity index (χ4n) is 2.77. The van der Waals surface area contributed by atoms with Crippen LogP contribution in [0, 0.1) is 0 Å². The average Bonchev–Trinajstić information content (AvgIpc) is 2.74. The molecule has 0 bridgehead atoms. The highest BCUT2D eigenvalue weighted by Gasteiger charge is 2.31. The molecule has 0 saturated carbocycles. The number of nitrogens with one attached hydrogen (secondary N) is 5. The lowest BCUT2D eigenvalue weighted by atomic mass is 10.1. The van der Waals surface area contributed by atoms with Gasteiger partial charge in [-0.25, -0.2) is 0 Å². The Labute approximate surface area is 192 Å². The fourth-order valence-corrected chi connectivity index (χ4v) is 2.77. The molecule has 0 aliphatic carbocycles. The Kier molecular flexibility index (Phi) is 14.0. The van der Waals surface area contributed by atoms with E-state index < -0.39 is 66.2 Å². The summed E-state index contributed by atoms with van der Waals surface area (Å²) in [6.45, 7) is 2.98. The van der Waals surface area contributed by atoms with Crippen LogP contribution in [0.15, 0.2) is 0 Å². The molecule has 0 radical (unpaired) electrons. The van der Waals surface area contributed by atoms with Gasteiger partial charge in [0.1, 0.15) is 24.2 Å². The summed E-state index contributed by atoms with van der Waals surface area (Å²) in [5.74, 6) is -3.84. The number of carbonyl (C=O) groups is 6. The van der Waals surface area contributed by atoms with E-state index in [4.69, 9.17) is 11.5 Å². The number of hydrogen-bond donors (Lipinski definition) is 8. The van der Waals surface area contributed by atoms with Crippen molar-refractivity contribution in [2.75, 3.05) is 13.6 Å². The lowest BCUT2D eigenvalue weighted by Gasteiger charge is -2.26. The number of hydrogen-bond acceptors (Lipinski definition) is 8. The number of amides is 6. The van der Waals surface area contributed by atoms with Gasteiger partial charge in [-0.05, 0) is 39.7 Å². The SMILES string of the molecule is CNC(=O)[C@H](CC(N)=O)NC(=O)[C@H](C)NC(=O)C(NC(=O)[C@H](CCCCN)NC=O)C(C)O. The number of carbonyl (C=O) groups excluding carboxylic acids is 6. The third-order valence-corrected chi connectivity index (χ3v) is 4.63. The summed E-state index contributed by atoms with van der Waals surface area (Å²) in [6.07, 6.45) is 0.0213. The Bertz CT molecular complexity index is 702. The van der Waals surface area contributed by atoms with Crippen LogP contribution in [0.2, 0.25) is 0 Å². The molecule has 0 rings (SSSR count). The van der Waals surface area contributed by atoms with Gasteiger partial charge in [0.15, 0.2) is 0 Å². The van der Waals surface area contributed by atoms with E-state index in [1.165, 1.54) is 20.9 Å². The Balaban J connectivity index is 5.16. The number of nitrogens with two attached hydrogens (primary N) is 2. The number of aliphatic hydroxyl groups excluding tert-OH is 1. The van der Waals surface area contributed by atoms with E-state index >= 15 is 0 Å². The lowest BCUT2D eigenvalue weighted by molar-refractivity contribution is -0.136. The topological polar surface area (TPSA) is 235 Å². The van der Waals surface area contributed by atoms with E-state index in [1.807, 2.05) is 0 Å². The molecule has 14 nitrogen and oxygen atoms in total. The van der Waals surface area contributed by atoms with Crippen molar-refractivity contribution in [3.63, 3.8) is 0 Å². The first-order chi connectivity index (χ1) is 15.5. The molecule has 0 aromatic heterocycles. The first kappa shape index (κ1) is 29.7. The lowest BCUT2D eigenvalue weighted by Crippen LogP contribution is -2.59. The largest absolute Gasteiger partial charge is 0.391 e. The highest BCUT2D eigenvalue weighted by Crippen LogP contribution is 2.03. The van der Waals surface area contributed by atoms with Crippen molar-refractivity contribution >= 4 is 35.9 Å². The normalized spacial score (nSPS) is 15.1. The van der Waals surface area contributed by atoms with Gasteiger partial charge in [0, 0.05) is 7.05 Å². The van der Waals surface area contributed by atoms with Crippen molar-refractivity contribution in [1.82, 2.24) is 26.6 Å². The standard InChI is InChI=1S/C19H35N7O7/c1-10(16(30)25-13(8-14(21)29)17(31)22-3)24-19(33)15(11(2)28)26-18(32)12(23-9-27)6-4-5-7-20/h9-13,15,28H,4-8,20H2,1-3H3,(H2,21,29)(H,22,31)(H,23,27)(H,24,33)(H,25,30)(H,26,32)/t10-,11?,12-,13-,15?/m0/s1. The molecule has 0 aliphatic heterocycles. The quantitative estimate of drug-likeness (QED) is 0.0804. The highest BCUT2D eigenvalue weighted by molar-refractivity contribution is 5.96. The van der Waals surface area contributed by atoms with E-state index in [0.717, 1.165) is 0 Å². The Morgan fingerprint density at radius 3 is 2.03 bits per heavy atom. The van der Waals surface area contributed by atoms with Gasteiger partial charge in [-0.2, -0.15) is 0 Å². The van der Waals surface area contributed by atoms with Gasteiger partial charge in [0.2, 0.25) is 35.9 Å². The van der Waals surface area contributed by atoms with Gasteiger partial charge >= 0.3 is 0 Å². The molecular weight excluding hydrogens is 438 g/mol. The van der Waals surface area contributed by atoms with E-state index in [0.29, 0.717) is 25.8 Å². The maximum absolute atomic E-state index is 12.6. The maximum Gasteiger partial charge on any atom is 0.245 e. The molecule has 0 fully saturated rings. The van der Waals surface area contributed by atoms with Crippen LogP contribution in [0.3, 0.4) is 0 Å². The molecule has 0 saturated heterocycles. The predicted octanol–water partition coefficient (Wildman–Crippen LogP) is -4.29. The van der Waals surface area contributed by atoms with Crippen LogP contribution in [-0.4, -0.2) is 84.9 Å². The van der Waals surface area contributed by atoms with Gasteiger partial charge in [0.05, 0.1) is 12.5 Å². The Hall–Kier alpha value is -3.26. The first-order valence-corrected chi connectivity index (χ1v) is 10.5. The number of likely N-dealkylation sites (N-methyl/N-ethyl adjacent to an activating group) is 1. The number of rotatable bonds is 16. The number of unbranched alkanes of at least 4 members (excludes halogenated alkanes) is 1. The summed E-state index contributed by atoms with van der Waals surface area (Å²) < 4.78 is 0. The summed E-state index contributed by atoms with van der Waals surface area (Å²) in [5.41, 5.74) is 10.5. The molecule has 6 amide bonds. The molecule has 2 unspecified atom stereocenters. The third-order valence-electron chi connectivity index (χ3n) is 4.63. The van der Waals surface area contributed by atoms with E-state index in [-0.39, 0.29) is 6.42 Å². The second-order valence-corrected chi connectivity index (χ2v) is 7.42. The van der Waals surface area contributed by atoms with Crippen LogP contribution in [-0.2, 0) is 28.8 Å². The molecule has 0 aromatic carbocycles. The molecule has 0 aromatic rings. The van der Waals surface area contributed by atoms with E-state index in [1.54, 1.807) is 0 Å². The van der Waals surface area contributed by atoms with Gasteiger partial charge in [-0.1, -0.05) is 0 Å². The zero-order valence-electron chi connectivity index (χ0n) is 19.1. The summed E-state index contributed by atoms with van der Waals surface area (Å²) >= 11 is 0. The van der Waals surface area contributed by atoms with Gasteiger partial charge in [0.25, 0.3) is 0 Å². The van der Waals surface area contributed by atoms with Crippen molar-refractivity contribution in [3.05, 3.63) is 0 Å². The van der Waals surface area contributed by atoms with Crippen molar-refractivity contribution in [2.24, 2.45) is 11.5 Å². The second kappa shape index (κ2) is 15.5. The molecule has 0 aliphatic rings. The maximum atomic E-state index is 12.6. The highest BCUT2D eigenvalue weighted by atomic mass is 16.3. The van der Waals surface area contributed by atoms with Crippen molar-refractivity contribution in [2.45, 2.75) is 69.8 Å². The third kappa shape index (κ3) is 11.2. The van der Waals surface area contributed by atoms with Gasteiger partial charge < -0.3 is 43.2 Å². The van der Waals surface area contributed by atoms with Crippen molar-refractivity contribution < 1.29 is 33.9 Å². The van der Waals surface area contributed by atoms with Crippen LogP contribution >= 0.6 is 0 Å². The molecular formula is C19H35N7O7. The summed E-state index contributed by atoms with van der Waals surface area (Å²) in [5, 5.41) is 21.6. The zero-order valence-corrected chi connectivity index (χ0v) is 19.1.